The van der Waals surface area contributed by atoms with Gasteiger partial charge in [0.05, 0.1) is 10.5 Å². The number of hydrogen-bond acceptors (Lipinski definition) is 6. The molecule has 29 heavy (non-hydrogen) atoms. The van der Waals surface area contributed by atoms with Crippen LogP contribution >= 0.6 is 11.6 Å². The molecular weight excluding hydrogens is 416 g/mol. The van der Waals surface area contributed by atoms with Crippen LogP contribution in [0.25, 0.3) is 22.4 Å². The highest BCUT2D eigenvalue weighted by atomic mass is 35.5. The molecule has 0 saturated heterocycles. The lowest BCUT2D eigenvalue weighted by atomic mass is 9.97. The van der Waals surface area contributed by atoms with Crippen molar-refractivity contribution in [2.75, 3.05) is 13.3 Å². The summed E-state index contributed by atoms with van der Waals surface area (Å²) < 4.78 is 29.0. The molecule has 0 atom stereocenters. The van der Waals surface area contributed by atoms with Gasteiger partial charge in [-0.3, -0.25) is 10.0 Å². The predicted octanol–water partition coefficient (Wildman–Crippen LogP) is 3.85. The molecule has 152 valence electrons. The van der Waals surface area contributed by atoms with Crippen LogP contribution < -0.4 is 0 Å². The summed E-state index contributed by atoms with van der Waals surface area (Å²) >= 11 is 5.97. The minimum atomic E-state index is -3.33. The van der Waals surface area contributed by atoms with Gasteiger partial charge >= 0.3 is 0 Å². The van der Waals surface area contributed by atoms with Crippen LogP contribution in [0.15, 0.2) is 57.9 Å². The SMILES string of the molecule is CN(O)C(=O)CCc1onc(-c2ccc(Cl)cc2)c1-c1ccc(S(C)(=O)=O)cc1. The second-order valence-corrected chi connectivity index (χ2v) is 9.00. The lowest BCUT2D eigenvalue weighted by Gasteiger charge is -2.08. The Labute approximate surface area is 173 Å². The molecule has 0 aliphatic carbocycles. The number of nitrogens with zero attached hydrogens (tertiary/aromatic N) is 2. The summed E-state index contributed by atoms with van der Waals surface area (Å²) in [5.74, 6) is -0.00919. The number of halogens is 1. The molecule has 1 N–H and O–H groups in total. The maximum Gasteiger partial charge on any atom is 0.246 e. The van der Waals surface area contributed by atoms with Gasteiger partial charge < -0.3 is 4.52 Å². The Kier molecular flexibility index (Phi) is 6.07. The summed E-state index contributed by atoms with van der Waals surface area (Å²) in [4.78, 5) is 12.0. The number of rotatable bonds is 6. The fourth-order valence-corrected chi connectivity index (χ4v) is 3.60. The average molecular weight is 435 g/mol. The molecular formula is C20H19ClN2O5S. The zero-order chi connectivity index (χ0) is 21.2. The Balaban J connectivity index is 2.06. The molecule has 3 rings (SSSR count). The number of amides is 1. The third-order valence-electron chi connectivity index (χ3n) is 4.38. The monoisotopic (exact) mass is 434 g/mol. The number of hydroxylamine groups is 2. The average Bonchev–Trinajstić information content (AvgIpc) is 3.10. The van der Waals surface area contributed by atoms with Gasteiger partial charge in [-0.1, -0.05) is 41.0 Å². The smallest absolute Gasteiger partial charge is 0.246 e. The van der Waals surface area contributed by atoms with E-state index in [2.05, 4.69) is 5.16 Å². The van der Waals surface area contributed by atoms with Gasteiger partial charge in [0.2, 0.25) is 5.91 Å². The first-order valence-electron chi connectivity index (χ1n) is 8.67. The fraction of sp³-hybridized carbons (Fsp3) is 0.200. The van der Waals surface area contributed by atoms with Crippen molar-refractivity contribution in [3.8, 4) is 22.4 Å². The number of aromatic nitrogens is 1. The van der Waals surface area contributed by atoms with Gasteiger partial charge in [0.25, 0.3) is 0 Å². The predicted molar refractivity (Wildman–Crippen MR) is 108 cm³/mol. The van der Waals surface area contributed by atoms with E-state index in [0.717, 1.165) is 11.8 Å². The highest BCUT2D eigenvalue weighted by Gasteiger charge is 2.21. The van der Waals surface area contributed by atoms with E-state index in [1.54, 1.807) is 36.4 Å². The molecule has 0 saturated carbocycles. The first kappa shape index (κ1) is 21.0. The van der Waals surface area contributed by atoms with E-state index in [-0.39, 0.29) is 17.7 Å². The van der Waals surface area contributed by atoms with Gasteiger partial charge in [0.15, 0.2) is 9.84 Å². The van der Waals surface area contributed by atoms with Crippen LogP contribution in [0.4, 0.5) is 0 Å². The lowest BCUT2D eigenvalue weighted by molar-refractivity contribution is -0.159. The van der Waals surface area contributed by atoms with E-state index in [1.807, 2.05) is 0 Å². The highest BCUT2D eigenvalue weighted by Crippen LogP contribution is 2.36. The Morgan fingerprint density at radius 2 is 1.69 bits per heavy atom. The quantitative estimate of drug-likeness (QED) is 0.467. The molecule has 1 aromatic heterocycles. The summed E-state index contributed by atoms with van der Waals surface area (Å²) in [5, 5.41) is 14.5. The van der Waals surface area contributed by atoms with Crippen LogP contribution in [0.3, 0.4) is 0 Å². The van der Waals surface area contributed by atoms with Crippen molar-refractivity contribution in [1.82, 2.24) is 10.2 Å². The van der Waals surface area contributed by atoms with Gasteiger partial charge in [0.1, 0.15) is 11.5 Å². The lowest BCUT2D eigenvalue weighted by Crippen LogP contribution is -2.22. The molecule has 1 amide bonds. The second kappa shape index (κ2) is 8.36. The van der Waals surface area contributed by atoms with Crippen molar-refractivity contribution in [3.63, 3.8) is 0 Å². The van der Waals surface area contributed by atoms with Crippen LogP contribution in [0.5, 0.6) is 0 Å². The summed E-state index contributed by atoms with van der Waals surface area (Å²) in [7, 11) is -2.07. The van der Waals surface area contributed by atoms with Gasteiger partial charge in [-0.05, 0) is 29.8 Å². The number of aryl methyl sites for hydroxylation is 1. The molecule has 3 aromatic rings. The fourth-order valence-electron chi connectivity index (χ4n) is 2.85. The first-order valence-corrected chi connectivity index (χ1v) is 10.9. The Hall–Kier alpha value is -2.68. The maximum atomic E-state index is 11.8. The van der Waals surface area contributed by atoms with Crippen molar-refractivity contribution in [2.24, 2.45) is 0 Å². The first-order chi connectivity index (χ1) is 13.7. The molecule has 1 heterocycles. The topological polar surface area (TPSA) is 101 Å². The second-order valence-electron chi connectivity index (χ2n) is 6.55. The van der Waals surface area contributed by atoms with Crippen LogP contribution in [-0.2, 0) is 21.1 Å². The molecule has 2 aromatic carbocycles. The number of benzene rings is 2. The van der Waals surface area contributed by atoms with Crippen LogP contribution in [0, 0.1) is 0 Å². The van der Waals surface area contributed by atoms with Crippen molar-refractivity contribution in [3.05, 3.63) is 59.3 Å². The summed E-state index contributed by atoms with van der Waals surface area (Å²) in [6.45, 7) is 0. The molecule has 0 spiro atoms. The number of hydrogen-bond donors (Lipinski definition) is 1. The summed E-state index contributed by atoms with van der Waals surface area (Å²) in [6.07, 6.45) is 1.38. The minimum absolute atomic E-state index is 0.0245. The van der Waals surface area contributed by atoms with Gasteiger partial charge in [-0.15, -0.1) is 0 Å². The van der Waals surface area contributed by atoms with E-state index < -0.39 is 15.7 Å². The molecule has 0 fully saturated rings. The number of carbonyl (C=O) groups is 1. The molecule has 0 unspecified atom stereocenters. The van der Waals surface area contributed by atoms with E-state index in [9.17, 15) is 18.4 Å². The maximum absolute atomic E-state index is 11.8. The largest absolute Gasteiger partial charge is 0.360 e. The summed E-state index contributed by atoms with van der Waals surface area (Å²) in [6, 6.07) is 13.4. The Bertz CT molecular complexity index is 1120. The van der Waals surface area contributed by atoms with E-state index in [0.29, 0.717) is 32.7 Å². The van der Waals surface area contributed by atoms with E-state index >= 15 is 0 Å². The minimum Gasteiger partial charge on any atom is -0.360 e. The van der Waals surface area contributed by atoms with Crippen molar-refractivity contribution >= 4 is 27.3 Å². The highest BCUT2D eigenvalue weighted by molar-refractivity contribution is 7.90. The summed E-state index contributed by atoms with van der Waals surface area (Å²) in [5.41, 5.74) is 2.66. The molecule has 0 aliphatic heterocycles. The van der Waals surface area contributed by atoms with E-state index in [4.69, 9.17) is 16.1 Å². The Morgan fingerprint density at radius 3 is 2.24 bits per heavy atom. The third kappa shape index (κ3) is 4.84. The molecule has 0 radical (unpaired) electrons. The van der Waals surface area contributed by atoms with Crippen LogP contribution in [-0.4, -0.2) is 43.1 Å². The van der Waals surface area contributed by atoms with Crippen molar-refractivity contribution < 1.29 is 22.9 Å². The normalized spacial score (nSPS) is 11.4. The van der Waals surface area contributed by atoms with Crippen molar-refractivity contribution in [2.45, 2.75) is 17.7 Å². The molecule has 9 heteroatoms. The van der Waals surface area contributed by atoms with Crippen molar-refractivity contribution in [1.29, 1.82) is 0 Å². The molecule has 7 nitrogen and oxygen atoms in total. The molecule has 0 bridgehead atoms. The zero-order valence-electron chi connectivity index (χ0n) is 15.8. The van der Waals surface area contributed by atoms with Gasteiger partial charge in [-0.25, -0.2) is 13.5 Å². The number of carbonyl (C=O) groups excluding carboxylic acids is 1. The molecule has 0 aliphatic rings. The zero-order valence-corrected chi connectivity index (χ0v) is 17.4. The Morgan fingerprint density at radius 1 is 1.10 bits per heavy atom. The third-order valence-corrected chi connectivity index (χ3v) is 5.76. The van der Waals surface area contributed by atoms with Crippen LogP contribution in [0.2, 0.25) is 5.02 Å². The standard InChI is InChI=1S/C20H19ClN2O5S/c1-23(25)18(24)12-11-17-19(13-5-9-16(10-6-13)29(2,26)27)20(22-28-17)14-3-7-15(21)8-4-14/h3-10,25H,11-12H2,1-2H3. The van der Waals surface area contributed by atoms with Gasteiger partial charge in [0, 0.05) is 36.7 Å². The van der Waals surface area contributed by atoms with E-state index in [1.165, 1.54) is 19.2 Å². The number of sulfone groups is 1. The van der Waals surface area contributed by atoms with Gasteiger partial charge in [-0.2, -0.15) is 0 Å². The van der Waals surface area contributed by atoms with Crippen LogP contribution in [0.1, 0.15) is 12.2 Å².